The van der Waals surface area contributed by atoms with Gasteiger partial charge < -0.3 is 18.9 Å². The Kier molecular flexibility index (Phi) is 11.6. The Morgan fingerprint density at radius 1 is 0.840 bits per heavy atom. The van der Waals surface area contributed by atoms with E-state index in [4.69, 9.17) is 13.6 Å². The van der Waals surface area contributed by atoms with Gasteiger partial charge in [0.05, 0.1) is 18.1 Å². The Morgan fingerprint density at radius 2 is 1.48 bits per heavy atom. The summed E-state index contributed by atoms with van der Waals surface area (Å²) in [6.07, 6.45) is -0.844. The molecular formula is C39H46F2N2O5Si2. The zero-order chi connectivity index (χ0) is 36.1. The largest absolute Gasteiger partial charge is 0.544 e. The smallest absolute Gasteiger partial charge is 0.417 e. The minimum absolute atomic E-state index is 0.0245. The summed E-state index contributed by atoms with van der Waals surface area (Å²) in [7, 11) is -4.10. The first-order valence-corrected chi connectivity index (χ1v) is 23.8. The summed E-state index contributed by atoms with van der Waals surface area (Å²) in [5.41, 5.74) is 2.53. The Hall–Kier alpha value is -4.33. The number of hydrogen-bond donors (Lipinski definition) is 1. The fraction of sp³-hybridized carbons (Fsp3) is 0.333. The third-order valence-electron chi connectivity index (χ3n) is 8.33. The van der Waals surface area contributed by atoms with E-state index in [-0.39, 0.29) is 18.8 Å². The van der Waals surface area contributed by atoms with Crippen LogP contribution in [0, 0.1) is 17.6 Å². The lowest BCUT2D eigenvalue weighted by molar-refractivity contribution is -0.134. The maximum atomic E-state index is 15.3. The highest BCUT2D eigenvalue weighted by molar-refractivity contribution is 6.70. The van der Waals surface area contributed by atoms with Crippen molar-refractivity contribution in [1.82, 2.24) is 4.90 Å². The molecule has 4 aromatic carbocycles. The molecule has 0 radical (unpaired) electrons. The third kappa shape index (κ3) is 9.67. The van der Waals surface area contributed by atoms with Gasteiger partial charge in [0.2, 0.25) is 14.2 Å². The Morgan fingerprint density at radius 3 is 2.10 bits per heavy atom. The number of amides is 2. The van der Waals surface area contributed by atoms with Crippen LogP contribution < -0.4 is 9.74 Å². The molecule has 264 valence electrons. The van der Waals surface area contributed by atoms with Crippen molar-refractivity contribution in [3.63, 3.8) is 0 Å². The standard InChI is InChI=1S/C39H46F2N2O5Si2/c1-49(2,3)47-31-22-16-28(17-23-31)37(42-30-20-18-29(40)19-21-30)33(24-25-36(48-50(4,5)6)32-14-10-11-15-34(32)41)38(44)43-35(26-46-39(43)45)27-12-8-7-9-13-27/h7-23,33,35-37,42H,24-26H2,1-6H3/t33-,35-,36+,37-/m1/s1. The van der Waals surface area contributed by atoms with Gasteiger partial charge in [-0.3, -0.25) is 4.79 Å². The summed E-state index contributed by atoms with van der Waals surface area (Å²) in [6, 6.07) is 28.0. The van der Waals surface area contributed by atoms with E-state index in [1.54, 1.807) is 30.3 Å². The van der Waals surface area contributed by atoms with Crippen LogP contribution >= 0.6 is 0 Å². The van der Waals surface area contributed by atoms with Gasteiger partial charge in [-0.2, -0.15) is 0 Å². The molecule has 2 amide bonds. The topological polar surface area (TPSA) is 77.1 Å². The quantitative estimate of drug-likeness (QED) is 0.131. The molecule has 0 aromatic heterocycles. The molecule has 0 spiro atoms. The van der Waals surface area contributed by atoms with Gasteiger partial charge in [0.15, 0.2) is 8.32 Å². The molecule has 1 fully saturated rings. The summed E-state index contributed by atoms with van der Waals surface area (Å²) < 4.78 is 47.5. The molecule has 1 aliphatic heterocycles. The van der Waals surface area contributed by atoms with Crippen molar-refractivity contribution in [1.29, 1.82) is 0 Å². The van der Waals surface area contributed by atoms with E-state index in [1.165, 1.54) is 23.1 Å². The molecule has 1 heterocycles. The van der Waals surface area contributed by atoms with Crippen molar-refractivity contribution < 1.29 is 32.0 Å². The van der Waals surface area contributed by atoms with Crippen LogP contribution in [0.3, 0.4) is 0 Å². The summed E-state index contributed by atoms with van der Waals surface area (Å²) in [5.74, 6) is -1.37. The number of carbonyl (C=O) groups is 2. The number of halogens is 2. The maximum absolute atomic E-state index is 15.3. The SMILES string of the molecule is C[Si](C)(C)Oc1ccc([C@@H](Nc2ccc(F)cc2)[C@@H](CC[C@H](O[Si](C)(C)C)c2ccccc2F)C(=O)N2C(=O)OC[C@@H]2c2ccccc2)cc1. The second kappa shape index (κ2) is 15.7. The minimum Gasteiger partial charge on any atom is -0.544 e. The minimum atomic E-state index is -2.20. The zero-order valence-electron chi connectivity index (χ0n) is 29.5. The van der Waals surface area contributed by atoms with Gasteiger partial charge in [0.1, 0.15) is 30.0 Å². The molecule has 50 heavy (non-hydrogen) atoms. The van der Waals surface area contributed by atoms with Gasteiger partial charge in [-0.05, 0) is 106 Å². The number of ether oxygens (including phenoxy) is 1. The molecule has 1 saturated heterocycles. The van der Waals surface area contributed by atoms with E-state index >= 15 is 4.39 Å². The van der Waals surface area contributed by atoms with E-state index in [2.05, 4.69) is 25.0 Å². The summed E-state index contributed by atoms with van der Waals surface area (Å²) in [5, 5.41) is 3.48. The highest BCUT2D eigenvalue weighted by atomic mass is 28.4. The fourth-order valence-electron chi connectivity index (χ4n) is 6.21. The lowest BCUT2D eigenvalue weighted by Gasteiger charge is -2.34. The average molecular weight is 717 g/mol. The van der Waals surface area contributed by atoms with Gasteiger partial charge in [0, 0.05) is 11.3 Å². The van der Waals surface area contributed by atoms with Crippen molar-refractivity contribution in [3.8, 4) is 5.75 Å². The van der Waals surface area contributed by atoms with Gasteiger partial charge in [-0.25, -0.2) is 18.5 Å². The number of carbonyl (C=O) groups excluding carboxylic acids is 2. The number of cyclic esters (lactones) is 1. The molecule has 0 saturated carbocycles. The number of anilines is 1. The molecule has 4 atom stereocenters. The normalized spacial score (nSPS) is 16.8. The van der Waals surface area contributed by atoms with Crippen LogP contribution in [-0.2, 0) is 14.0 Å². The number of rotatable bonds is 14. The molecular weight excluding hydrogens is 671 g/mol. The van der Waals surface area contributed by atoms with Crippen LogP contribution in [0.2, 0.25) is 39.3 Å². The molecule has 0 bridgehead atoms. The second-order valence-corrected chi connectivity index (χ2v) is 23.4. The molecule has 4 aromatic rings. The monoisotopic (exact) mass is 716 g/mol. The first-order valence-electron chi connectivity index (χ1n) is 17.0. The molecule has 7 nitrogen and oxygen atoms in total. The van der Waals surface area contributed by atoms with Crippen LogP contribution in [0.4, 0.5) is 19.3 Å². The van der Waals surface area contributed by atoms with Gasteiger partial charge in [-0.15, -0.1) is 0 Å². The highest BCUT2D eigenvalue weighted by Gasteiger charge is 2.44. The van der Waals surface area contributed by atoms with Crippen molar-refractivity contribution in [2.75, 3.05) is 11.9 Å². The molecule has 5 rings (SSSR count). The zero-order valence-corrected chi connectivity index (χ0v) is 31.5. The van der Waals surface area contributed by atoms with E-state index < -0.39 is 58.6 Å². The van der Waals surface area contributed by atoms with Crippen molar-refractivity contribution in [2.45, 2.75) is 70.3 Å². The van der Waals surface area contributed by atoms with Gasteiger partial charge in [-0.1, -0.05) is 60.7 Å². The first-order chi connectivity index (χ1) is 23.7. The van der Waals surface area contributed by atoms with Crippen molar-refractivity contribution in [3.05, 3.63) is 131 Å². The van der Waals surface area contributed by atoms with Crippen LogP contribution in [-0.4, -0.2) is 40.1 Å². The summed E-state index contributed by atoms with van der Waals surface area (Å²) in [6.45, 7) is 12.4. The van der Waals surface area contributed by atoms with Gasteiger partial charge in [0.25, 0.3) is 0 Å². The Labute approximate surface area is 295 Å². The Balaban J connectivity index is 1.59. The number of imide groups is 1. The molecule has 1 N–H and O–H groups in total. The molecule has 0 aliphatic carbocycles. The average Bonchev–Trinajstić information content (AvgIpc) is 3.45. The van der Waals surface area contributed by atoms with Crippen LogP contribution in [0.5, 0.6) is 5.75 Å². The number of nitrogens with zero attached hydrogens (tertiary/aromatic N) is 1. The van der Waals surface area contributed by atoms with Crippen LogP contribution in [0.25, 0.3) is 0 Å². The third-order valence-corrected chi connectivity index (χ3v) is 10.2. The number of benzene rings is 4. The van der Waals surface area contributed by atoms with Gasteiger partial charge >= 0.3 is 6.09 Å². The lowest BCUT2D eigenvalue weighted by Crippen LogP contribution is -2.42. The highest BCUT2D eigenvalue weighted by Crippen LogP contribution is 2.39. The first kappa shape index (κ1) is 36.9. The van der Waals surface area contributed by atoms with Crippen LogP contribution in [0.15, 0.2) is 103 Å². The predicted molar refractivity (Wildman–Crippen MR) is 197 cm³/mol. The van der Waals surface area contributed by atoms with E-state index in [0.717, 1.165) is 11.1 Å². The van der Waals surface area contributed by atoms with E-state index in [0.29, 0.717) is 23.4 Å². The second-order valence-electron chi connectivity index (χ2n) is 14.5. The van der Waals surface area contributed by atoms with E-state index in [1.807, 2.05) is 74.2 Å². The molecule has 1 aliphatic rings. The van der Waals surface area contributed by atoms with Crippen LogP contribution in [0.1, 0.15) is 47.7 Å². The predicted octanol–water partition coefficient (Wildman–Crippen LogP) is 10.0. The van der Waals surface area contributed by atoms with E-state index in [9.17, 15) is 14.0 Å². The fourth-order valence-corrected chi connectivity index (χ4v) is 8.15. The lowest BCUT2D eigenvalue weighted by atomic mass is 9.85. The number of hydrogen-bond acceptors (Lipinski definition) is 6. The molecule has 0 unspecified atom stereocenters. The van der Waals surface area contributed by atoms with Crippen molar-refractivity contribution in [2.24, 2.45) is 5.92 Å². The number of nitrogens with one attached hydrogen (secondary N) is 1. The van der Waals surface area contributed by atoms with Crippen molar-refractivity contribution >= 4 is 34.3 Å². The summed E-state index contributed by atoms with van der Waals surface area (Å²) >= 11 is 0. The summed E-state index contributed by atoms with van der Waals surface area (Å²) in [4.78, 5) is 29.5. The maximum Gasteiger partial charge on any atom is 0.417 e. The molecule has 11 heteroatoms. The Bertz CT molecular complexity index is 1750.